The smallest absolute Gasteiger partial charge is 0.334 e. The van der Waals surface area contributed by atoms with Crippen LogP contribution in [0.4, 0.5) is 4.79 Å². The predicted octanol–water partition coefficient (Wildman–Crippen LogP) is 0.469. The summed E-state index contributed by atoms with van der Waals surface area (Å²) in [4.78, 5) is 160. The maximum atomic E-state index is 14.7. The number of likely N-dealkylation sites (tertiary alicyclic amines) is 1. The normalized spacial score (nSPS) is 15.0. The van der Waals surface area contributed by atoms with E-state index in [2.05, 4.69) is 68.7 Å². The van der Waals surface area contributed by atoms with E-state index in [1.54, 1.807) is 100 Å². The Balaban J connectivity index is 1.03. The number of hydrogen-bond donors (Lipinski definition) is 16. The third-order valence-corrected chi connectivity index (χ3v) is 15.7. The number of fused-ring (bicyclic) bond motifs is 2. The van der Waals surface area contributed by atoms with Crippen molar-refractivity contribution in [3.8, 4) is 0 Å². The fourth-order valence-corrected chi connectivity index (χ4v) is 11.1. The van der Waals surface area contributed by atoms with Gasteiger partial charge in [0.15, 0.2) is 5.96 Å². The molecule has 12 amide bonds. The number of rotatable bonds is 31. The van der Waals surface area contributed by atoms with Gasteiger partial charge in [0.1, 0.15) is 48.3 Å². The number of guanidine groups is 1. The molecule has 1 aliphatic rings. The predicted molar refractivity (Wildman–Crippen MR) is 346 cm³/mol. The lowest BCUT2D eigenvalue weighted by Crippen LogP contribution is -2.61. The van der Waals surface area contributed by atoms with Gasteiger partial charge in [-0.1, -0.05) is 111 Å². The van der Waals surface area contributed by atoms with Crippen LogP contribution in [0.15, 0.2) is 122 Å². The van der Waals surface area contributed by atoms with Crippen molar-refractivity contribution in [2.75, 3.05) is 20.1 Å². The van der Waals surface area contributed by atoms with E-state index in [-0.39, 0.29) is 76.3 Å². The SMILES string of the molecule is CNC(=N)NCCC[C@H](NC(=O)[C@H](CC(C)C)NC(=O)NNC(=O)[C@H](Cc1ccccc1)NC(=O)[C@H]1CCCN1C(=O)[C@H](CC(N)=O)NC(=O)[C@@H](Cc1c[nH]c2ccccc12)NC(=O)[C@@H](Cc1ccccc1)NC(C)=O)C(=O)N[C@@H](Cc1c[nH]c2ccccc12)C(N)=O. The van der Waals surface area contributed by atoms with Crippen LogP contribution in [0.1, 0.15) is 81.5 Å². The van der Waals surface area contributed by atoms with E-state index in [0.717, 1.165) is 27.4 Å². The molecule has 18 N–H and O–H groups in total. The minimum absolute atomic E-state index is 0.0115. The lowest BCUT2D eigenvalue weighted by Gasteiger charge is -2.30. The first kappa shape index (κ1) is 69.7. The Kier molecular flexibility index (Phi) is 25.4. The van der Waals surface area contributed by atoms with Crippen LogP contribution in [0.5, 0.6) is 0 Å². The van der Waals surface area contributed by atoms with Gasteiger partial charge in [-0.2, -0.15) is 0 Å². The molecule has 0 bridgehead atoms. The zero-order chi connectivity index (χ0) is 67.1. The molecule has 2 aromatic heterocycles. The standard InChI is InChI=1S/C65H83N17O11/c1-37(2)29-49(58(87)74-47(25-15-27-70-64(68)69-4)57(86)75-48(56(67)85)32-41-35-71-45-23-13-11-21-43(41)45)79-65(93)81-80-61(90)51(31-40-19-9-6-10-20-40)77-62(91)54-26-16-28-82(54)63(92)53(34-55(66)84)78-60(89)52(33-42-36-72-46-24-14-12-22-44(42)46)76-59(88)50(73-38(3)83)30-39-17-7-5-8-18-39/h5-14,17-24,35-37,47-54,71-72H,15-16,25-34H2,1-4H3,(H2,66,84)(H2,67,85)(H,73,83)(H,74,87)(H,75,86)(H,76,88)(H,77,91)(H,78,89)(H,80,90)(H3,68,69,70)(H2,79,81,93)/t47-,48-,49-,50+,51-,52+,53-,54+/m0/s1. The molecule has 1 saturated heterocycles. The van der Waals surface area contributed by atoms with Crippen molar-refractivity contribution in [1.82, 2.24) is 73.6 Å². The van der Waals surface area contributed by atoms with Crippen molar-refractivity contribution in [1.29, 1.82) is 5.41 Å². The van der Waals surface area contributed by atoms with Crippen LogP contribution in [-0.2, 0) is 73.6 Å². The number of carbonyl (C=O) groups is 11. The molecule has 4 aromatic carbocycles. The van der Waals surface area contributed by atoms with E-state index in [9.17, 15) is 52.7 Å². The number of hydrogen-bond acceptors (Lipinski definition) is 12. The van der Waals surface area contributed by atoms with E-state index in [0.29, 0.717) is 23.1 Å². The van der Waals surface area contributed by atoms with Crippen LogP contribution in [0, 0.1) is 11.3 Å². The van der Waals surface area contributed by atoms with Crippen LogP contribution in [0.25, 0.3) is 21.8 Å². The maximum Gasteiger partial charge on any atom is 0.334 e. The number of hydrazine groups is 1. The Bertz CT molecular complexity index is 3630. The number of aromatic amines is 2. The van der Waals surface area contributed by atoms with Gasteiger partial charge in [-0.05, 0) is 72.4 Å². The third kappa shape index (κ3) is 20.6. The number of urea groups is 1. The molecule has 0 aliphatic carbocycles. The molecule has 6 aromatic rings. The first-order valence-corrected chi connectivity index (χ1v) is 30.8. The largest absolute Gasteiger partial charge is 0.370 e. The highest BCUT2D eigenvalue weighted by Crippen LogP contribution is 2.23. The number of nitrogens with one attached hydrogen (secondary N) is 14. The van der Waals surface area contributed by atoms with Crippen LogP contribution in [0.3, 0.4) is 0 Å². The molecule has 28 heteroatoms. The number of para-hydroxylation sites is 2. The Morgan fingerprint density at radius 1 is 0.570 bits per heavy atom. The second-order valence-electron chi connectivity index (χ2n) is 23.3. The van der Waals surface area contributed by atoms with E-state index in [1.807, 2.05) is 42.5 Å². The average molecular weight is 1280 g/mol. The highest BCUT2D eigenvalue weighted by molar-refractivity contribution is 6.00. The molecule has 1 aliphatic heterocycles. The molecule has 3 heterocycles. The summed E-state index contributed by atoms with van der Waals surface area (Å²) in [5.41, 5.74) is 20.3. The highest BCUT2D eigenvalue weighted by Gasteiger charge is 2.41. The van der Waals surface area contributed by atoms with Gasteiger partial charge < -0.3 is 74.2 Å². The fourth-order valence-electron chi connectivity index (χ4n) is 11.1. The van der Waals surface area contributed by atoms with Gasteiger partial charge in [0.05, 0.1) is 6.42 Å². The molecule has 494 valence electrons. The molecule has 0 saturated carbocycles. The Morgan fingerprint density at radius 2 is 1.06 bits per heavy atom. The Labute approximate surface area is 537 Å². The molecule has 0 radical (unpaired) electrons. The molecule has 0 spiro atoms. The average Bonchev–Trinajstić information content (AvgIpc) is 1.84. The molecule has 0 unspecified atom stereocenters. The van der Waals surface area contributed by atoms with E-state index in [1.165, 1.54) is 11.8 Å². The monoisotopic (exact) mass is 1280 g/mol. The topological polar surface area (TPSA) is 431 Å². The van der Waals surface area contributed by atoms with Crippen molar-refractivity contribution in [2.45, 2.75) is 133 Å². The Morgan fingerprint density at radius 3 is 1.61 bits per heavy atom. The van der Waals surface area contributed by atoms with Gasteiger partial charge in [-0.3, -0.25) is 58.8 Å². The van der Waals surface area contributed by atoms with Crippen molar-refractivity contribution < 1.29 is 52.7 Å². The number of H-pyrrole nitrogens is 2. The number of primary amides is 2. The molecular weight excluding hydrogens is 1190 g/mol. The molecule has 8 atom stereocenters. The highest BCUT2D eigenvalue weighted by atomic mass is 16.2. The van der Waals surface area contributed by atoms with Gasteiger partial charge in [-0.15, -0.1) is 0 Å². The molecule has 28 nitrogen and oxygen atoms in total. The summed E-state index contributed by atoms with van der Waals surface area (Å²) in [6, 6.07) is 20.6. The zero-order valence-corrected chi connectivity index (χ0v) is 52.3. The summed E-state index contributed by atoms with van der Waals surface area (Å²) in [5.74, 6) is -8.13. The summed E-state index contributed by atoms with van der Waals surface area (Å²) >= 11 is 0. The number of aromatic nitrogens is 2. The quantitative estimate of drug-likeness (QED) is 0.0122. The minimum Gasteiger partial charge on any atom is -0.370 e. The van der Waals surface area contributed by atoms with Gasteiger partial charge in [0, 0.05) is 86.9 Å². The van der Waals surface area contributed by atoms with Crippen molar-refractivity contribution >= 4 is 92.9 Å². The van der Waals surface area contributed by atoms with Gasteiger partial charge in [0.2, 0.25) is 53.2 Å². The van der Waals surface area contributed by atoms with Crippen molar-refractivity contribution in [2.24, 2.45) is 17.4 Å². The first-order valence-electron chi connectivity index (χ1n) is 30.8. The number of nitrogens with two attached hydrogens (primary N) is 2. The second kappa shape index (κ2) is 33.9. The number of nitrogens with zero attached hydrogens (tertiary/aromatic N) is 1. The number of amides is 12. The minimum atomic E-state index is -1.64. The molecule has 7 rings (SSSR count). The van der Waals surface area contributed by atoms with Gasteiger partial charge in [-0.25, -0.2) is 10.2 Å². The van der Waals surface area contributed by atoms with Gasteiger partial charge in [0.25, 0.3) is 5.91 Å². The number of carbonyl (C=O) groups excluding carboxylic acids is 11. The summed E-state index contributed by atoms with van der Waals surface area (Å²) in [5, 5.41) is 33.7. The summed E-state index contributed by atoms with van der Waals surface area (Å²) in [6.45, 7) is 5.06. The first-order chi connectivity index (χ1) is 44.6. The molecule has 1 fully saturated rings. The molecule has 93 heavy (non-hydrogen) atoms. The van der Waals surface area contributed by atoms with Gasteiger partial charge >= 0.3 is 6.03 Å². The molecular formula is C65H83N17O11. The lowest BCUT2D eigenvalue weighted by atomic mass is 10.0. The van der Waals surface area contributed by atoms with Crippen LogP contribution in [-0.4, -0.2) is 154 Å². The summed E-state index contributed by atoms with van der Waals surface area (Å²) in [6.07, 6.45) is 3.29. The maximum absolute atomic E-state index is 14.7. The Hall–Kier alpha value is -10.8. The summed E-state index contributed by atoms with van der Waals surface area (Å²) < 4.78 is 0. The van der Waals surface area contributed by atoms with Crippen LogP contribution in [0.2, 0.25) is 0 Å². The third-order valence-electron chi connectivity index (χ3n) is 15.7. The lowest BCUT2D eigenvalue weighted by molar-refractivity contribution is -0.143. The van der Waals surface area contributed by atoms with Crippen molar-refractivity contribution in [3.05, 3.63) is 144 Å². The fraction of sp³-hybridized carbons (Fsp3) is 0.385. The van der Waals surface area contributed by atoms with Crippen molar-refractivity contribution in [3.63, 3.8) is 0 Å². The van der Waals surface area contributed by atoms with E-state index < -0.39 is 120 Å². The zero-order valence-electron chi connectivity index (χ0n) is 52.3. The second-order valence-corrected chi connectivity index (χ2v) is 23.3. The van der Waals surface area contributed by atoms with Crippen LogP contribution < -0.4 is 70.2 Å². The van der Waals surface area contributed by atoms with Crippen LogP contribution >= 0.6 is 0 Å². The summed E-state index contributed by atoms with van der Waals surface area (Å²) in [7, 11) is 1.56. The van der Waals surface area contributed by atoms with E-state index >= 15 is 0 Å². The van der Waals surface area contributed by atoms with E-state index in [4.69, 9.17) is 16.9 Å². The number of benzene rings is 4.